The first kappa shape index (κ1) is 11.2. The van der Waals surface area contributed by atoms with Gasteiger partial charge in [-0.2, -0.15) is 0 Å². The Labute approximate surface area is 85.4 Å². The van der Waals surface area contributed by atoms with Gasteiger partial charge in [-0.1, -0.05) is 0 Å². The number of rotatable bonds is 3. The quantitative estimate of drug-likeness (QED) is 0.776. The normalized spacial score (nSPS) is 11.3. The number of hydrogen-bond acceptors (Lipinski definition) is 5. The van der Waals surface area contributed by atoms with Crippen LogP contribution in [0.4, 0.5) is 0 Å². The summed E-state index contributed by atoms with van der Waals surface area (Å²) in [6.07, 6.45) is 0. The largest absolute Gasteiger partial charge is 0.391 e. The van der Waals surface area contributed by atoms with Crippen molar-refractivity contribution in [2.45, 2.75) is 18.4 Å². The fourth-order valence-corrected chi connectivity index (χ4v) is 3.21. The highest BCUT2D eigenvalue weighted by Crippen LogP contribution is 2.21. The van der Waals surface area contributed by atoms with E-state index in [1.54, 1.807) is 5.38 Å². The molecule has 0 fully saturated rings. The third-order valence-corrected chi connectivity index (χ3v) is 3.97. The summed E-state index contributed by atoms with van der Waals surface area (Å²) in [5, 5.41) is 10.4. The lowest BCUT2D eigenvalue weighted by molar-refractivity contribution is -0.117. The summed E-state index contributed by atoms with van der Waals surface area (Å²) in [6, 6.07) is 1.35. The number of aliphatic hydroxyl groups excluding tert-OH is 1. The molecule has 0 radical (unpaired) electrons. The van der Waals surface area contributed by atoms with Crippen molar-refractivity contribution in [3.05, 3.63) is 16.3 Å². The second kappa shape index (κ2) is 4.07. The molecule has 0 aliphatic heterocycles. The molecule has 1 aromatic heterocycles. The lowest BCUT2D eigenvalue weighted by atomic mass is 10.5. The van der Waals surface area contributed by atoms with Gasteiger partial charge in [0.15, 0.2) is 0 Å². The van der Waals surface area contributed by atoms with E-state index in [2.05, 4.69) is 0 Å². The Hall–Kier alpha value is -0.920. The van der Waals surface area contributed by atoms with E-state index >= 15 is 0 Å². The van der Waals surface area contributed by atoms with E-state index in [1.165, 1.54) is 6.07 Å². The molecule has 78 valence electrons. The molecule has 0 aromatic carbocycles. The zero-order valence-electron chi connectivity index (χ0n) is 7.35. The zero-order chi connectivity index (χ0) is 10.8. The van der Waals surface area contributed by atoms with Gasteiger partial charge in [0.2, 0.25) is 5.91 Å². The molecule has 1 heterocycles. The van der Waals surface area contributed by atoms with Crippen LogP contribution in [0.25, 0.3) is 0 Å². The van der Waals surface area contributed by atoms with Crippen LogP contribution in [0, 0.1) is 0 Å². The first-order valence-electron chi connectivity index (χ1n) is 3.68. The topological polar surface area (TPSA) is 83.5 Å². The molecular weight excluding hydrogens is 226 g/mol. The van der Waals surface area contributed by atoms with Crippen LogP contribution in [0.3, 0.4) is 0 Å². The van der Waals surface area contributed by atoms with Crippen LogP contribution in [0.1, 0.15) is 11.8 Å². The average Bonchev–Trinajstić information content (AvgIpc) is 2.48. The number of aliphatic hydroxyl groups is 1. The monoisotopic (exact) mass is 235 g/mol. The Morgan fingerprint density at radius 3 is 2.79 bits per heavy atom. The van der Waals surface area contributed by atoms with Crippen LogP contribution in [0.15, 0.2) is 16.3 Å². The van der Waals surface area contributed by atoms with Crippen molar-refractivity contribution in [2.75, 3.05) is 0 Å². The summed E-state index contributed by atoms with van der Waals surface area (Å²) in [7, 11) is -3.81. The molecule has 14 heavy (non-hydrogen) atoms. The highest BCUT2D eigenvalue weighted by molar-refractivity contribution is 7.90. The summed E-state index contributed by atoms with van der Waals surface area (Å²) >= 11 is 1.12. The highest BCUT2D eigenvalue weighted by atomic mass is 32.2. The molecule has 1 amide bonds. The van der Waals surface area contributed by atoms with Gasteiger partial charge in [-0.05, 0) is 11.4 Å². The number of nitrogens with one attached hydrogen (secondary N) is 1. The standard InChI is InChI=1S/C7H9NO4S2/c1-5(10)8-14(11,12)7-2-3-13-6(7)4-9/h2-3,9H,4H2,1H3,(H,8,10). The number of sulfonamides is 1. The number of thiophene rings is 1. The van der Waals surface area contributed by atoms with Crippen LogP contribution in [0.2, 0.25) is 0 Å². The summed E-state index contributed by atoms with van der Waals surface area (Å²) in [6.45, 7) is 0.758. The molecule has 0 unspecified atom stereocenters. The zero-order valence-corrected chi connectivity index (χ0v) is 8.98. The molecule has 0 spiro atoms. The van der Waals surface area contributed by atoms with Crippen LogP contribution in [-0.2, 0) is 21.4 Å². The minimum Gasteiger partial charge on any atom is -0.391 e. The highest BCUT2D eigenvalue weighted by Gasteiger charge is 2.19. The van der Waals surface area contributed by atoms with Gasteiger partial charge in [0, 0.05) is 6.92 Å². The predicted octanol–water partition coefficient (Wildman–Crippen LogP) is 0.0652. The summed E-state index contributed by atoms with van der Waals surface area (Å²) < 4.78 is 24.7. The minimum absolute atomic E-state index is 0.0415. The fraction of sp³-hybridized carbons (Fsp3) is 0.286. The smallest absolute Gasteiger partial charge is 0.265 e. The Balaban J connectivity index is 3.10. The summed E-state index contributed by atoms with van der Waals surface area (Å²) in [5.74, 6) is -0.653. The molecule has 0 saturated heterocycles. The van der Waals surface area contributed by atoms with Crippen molar-refractivity contribution in [3.8, 4) is 0 Å². The van der Waals surface area contributed by atoms with Crippen molar-refractivity contribution >= 4 is 27.3 Å². The van der Waals surface area contributed by atoms with Gasteiger partial charge in [-0.3, -0.25) is 4.79 Å². The molecular formula is C7H9NO4S2. The second-order valence-electron chi connectivity index (χ2n) is 2.53. The lowest BCUT2D eigenvalue weighted by Gasteiger charge is -2.03. The van der Waals surface area contributed by atoms with Gasteiger partial charge < -0.3 is 5.11 Å². The van der Waals surface area contributed by atoms with Crippen molar-refractivity contribution < 1.29 is 18.3 Å². The van der Waals surface area contributed by atoms with E-state index in [0.717, 1.165) is 18.3 Å². The minimum atomic E-state index is -3.81. The Kier molecular flexibility index (Phi) is 3.25. The van der Waals surface area contributed by atoms with Crippen molar-refractivity contribution in [3.63, 3.8) is 0 Å². The maximum atomic E-state index is 11.4. The van der Waals surface area contributed by atoms with Crippen LogP contribution < -0.4 is 4.72 Å². The van der Waals surface area contributed by atoms with Gasteiger partial charge in [0.1, 0.15) is 4.90 Å². The van der Waals surface area contributed by atoms with Crippen LogP contribution in [0.5, 0.6) is 0 Å². The molecule has 0 aliphatic carbocycles. The van der Waals surface area contributed by atoms with Gasteiger partial charge in [0.05, 0.1) is 11.5 Å². The van der Waals surface area contributed by atoms with E-state index in [4.69, 9.17) is 5.11 Å². The molecule has 7 heteroatoms. The molecule has 0 aliphatic rings. The Morgan fingerprint density at radius 1 is 1.64 bits per heavy atom. The molecule has 5 nitrogen and oxygen atoms in total. The molecule has 2 N–H and O–H groups in total. The molecule has 1 aromatic rings. The van der Waals surface area contributed by atoms with E-state index in [0.29, 0.717) is 4.88 Å². The predicted molar refractivity (Wildman–Crippen MR) is 51.2 cm³/mol. The van der Waals surface area contributed by atoms with Crippen molar-refractivity contribution in [1.29, 1.82) is 0 Å². The Bertz CT molecular complexity index is 434. The third-order valence-electron chi connectivity index (χ3n) is 1.42. The van der Waals surface area contributed by atoms with E-state index < -0.39 is 15.9 Å². The summed E-state index contributed by atoms with van der Waals surface area (Å²) in [4.78, 5) is 10.9. The number of carbonyl (C=O) groups is 1. The van der Waals surface area contributed by atoms with Crippen LogP contribution >= 0.6 is 11.3 Å². The van der Waals surface area contributed by atoms with Gasteiger partial charge in [-0.15, -0.1) is 11.3 Å². The molecule has 0 bridgehead atoms. The first-order valence-corrected chi connectivity index (χ1v) is 6.04. The van der Waals surface area contributed by atoms with Gasteiger partial charge in [0.25, 0.3) is 10.0 Å². The maximum Gasteiger partial charge on any atom is 0.265 e. The number of amides is 1. The third kappa shape index (κ3) is 2.31. The average molecular weight is 235 g/mol. The first-order chi connectivity index (χ1) is 6.47. The number of hydrogen-bond donors (Lipinski definition) is 2. The van der Waals surface area contributed by atoms with E-state index in [1.807, 2.05) is 4.72 Å². The summed E-state index contributed by atoms with van der Waals surface area (Å²) in [5.41, 5.74) is 0. The SMILES string of the molecule is CC(=O)NS(=O)(=O)c1ccsc1CO. The van der Waals surface area contributed by atoms with Crippen molar-refractivity contribution in [2.24, 2.45) is 0 Å². The van der Waals surface area contributed by atoms with Crippen LogP contribution in [-0.4, -0.2) is 19.4 Å². The van der Waals surface area contributed by atoms with Crippen molar-refractivity contribution in [1.82, 2.24) is 4.72 Å². The van der Waals surface area contributed by atoms with E-state index in [9.17, 15) is 13.2 Å². The maximum absolute atomic E-state index is 11.4. The molecule has 0 atom stereocenters. The Morgan fingerprint density at radius 2 is 2.29 bits per heavy atom. The molecule has 1 rings (SSSR count). The second-order valence-corrected chi connectivity index (χ2v) is 5.18. The molecule has 0 saturated carbocycles. The number of carbonyl (C=O) groups excluding carboxylic acids is 1. The lowest BCUT2D eigenvalue weighted by Crippen LogP contribution is -2.28. The van der Waals surface area contributed by atoms with Gasteiger partial charge in [-0.25, -0.2) is 13.1 Å². The van der Waals surface area contributed by atoms with Gasteiger partial charge >= 0.3 is 0 Å². The van der Waals surface area contributed by atoms with E-state index in [-0.39, 0.29) is 11.5 Å². The fourth-order valence-electron chi connectivity index (χ4n) is 0.928.